The fraction of sp³-hybridized carbons (Fsp3) is 0.643. The second-order valence-corrected chi connectivity index (χ2v) is 7.58. The summed E-state index contributed by atoms with van der Waals surface area (Å²) in [6.45, 7) is 0.683. The largest absolute Gasteiger partial charge is 0.325 e. The Morgan fingerprint density at radius 1 is 1.30 bits per heavy atom. The van der Waals surface area contributed by atoms with Gasteiger partial charge in [0.05, 0.1) is 5.69 Å². The summed E-state index contributed by atoms with van der Waals surface area (Å²) in [6.07, 6.45) is 6.58. The molecule has 0 saturated heterocycles. The minimum Gasteiger partial charge on any atom is -0.325 e. The standard InChI is InChI=1S/C14H21N3O2S/c15-8-13-14(2-1-7-16-13)20(18,19)17-9-12(10-3-4-10)11-5-6-11/h1-2,7,10-12,17H,3-6,8-9,15H2. The first-order chi connectivity index (χ1) is 9.62. The van der Waals surface area contributed by atoms with Crippen LogP contribution >= 0.6 is 0 Å². The van der Waals surface area contributed by atoms with E-state index in [1.54, 1.807) is 18.3 Å². The molecule has 0 atom stereocenters. The fourth-order valence-electron chi connectivity index (χ4n) is 2.87. The van der Waals surface area contributed by atoms with Crippen molar-refractivity contribution in [1.82, 2.24) is 9.71 Å². The monoisotopic (exact) mass is 295 g/mol. The molecule has 0 bridgehead atoms. The summed E-state index contributed by atoms with van der Waals surface area (Å²) >= 11 is 0. The average molecular weight is 295 g/mol. The molecule has 3 N–H and O–H groups in total. The second kappa shape index (κ2) is 5.42. The summed E-state index contributed by atoms with van der Waals surface area (Å²) in [5.74, 6) is 1.98. The van der Waals surface area contributed by atoms with Crippen LogP contribution in [0.25, 0.3) is 0 Å². The molecule has 1 aromatic heterocycles. The third kappa shape index (κ3) is 3.02. The van der Waals surface area contributed by atoms with E-state index >= 15 is 0 Å². The predicted molar refractivity (Wildman–Crippen MR) is 76.3 cm³/mol. The Morgan fingerprint density at radius 2 is 1.95 bits per heavy atom. The molecular formula is C14H21N3O2S. The highest BCUT2D eigenvalue weighted by molar-refractivity contribution is 7.89. The maximum atomic E-state index is 12.4. The molecule has 2 aliphatic carbocycles. The summed E-state index contributed by atoms with van der Waals surface area (Å²) in [4.78, 5) is 4.26. The minimum atomic E-state index is -3.50. The number of nitrogens with two attached hydrogens (primary N) is 1. The van der Waals surface area contributed by atoms with Crippen LogP contribution in [0.5, 0.6) is 0 Å². The highest BCUT2D eigenvalue weighted by atomic mass is 32.2. The van der Waals surface area contributed by atoms with Gasteiger partial charge in [0, 0.05) is 19.3 Å². The van der Waals surface area contributed by atoms with Crippen LogP contribution in [0.2, 0.25) is 0 Å². The maximum absolute atomic E-state index is 12.4. The molecule has 1 heterocycles. The Kier molecular flexibility index (Phi) is 3.79. The lowest BCUT2D eigenvalue weighted by atomic mass is 9.99. The van der Waals surface area contributed by atoms with Gasteiger partial charge in [-0.05, 0) is 55.6 Å². The van der Waals surface area contributed by atoms with Gasteiger partial charge < -0.3 is 5.73 Å². The Hall–Kier alpha value is -0.980. The predicted octanol–water partition coefficient (Wildman–Crippen LogP) is 1.25. The first-order valence-electron chi connectivity index (χ1n) is 7.25. The third-order valence-electron chi connectivity index (χ3n) is 4.30. The van der Waals surface area contributed by atoms with Crippen LogP contribution in [0.4, 0.5) is 0 Å². The van der Waals surface area contributed by atoms with Crippen LogP contribution in [0.1, 0.15) is 31.4 Å². The van der Waals surface area contributed by atoms with Crippen LogP contribution in [-0.2, 0) is 16.6 Å². The molecule has 2 saturated carbocycles. The molecule has 5 nitrogen and oxygen atoms in total. The smallest absolute Gasteiger partial charge is 0.242 e. The van der Waals surface area contributed by atoms with E-state index in [1.165, 1.54) is 25.7 Å². The molecule has 0 unspecified atom stereocenters. The quantitative estimate of drug-likeness (QED) is 0.793. The van der Waals surface area contributed by atoms with E-state index in [-0.39, 0.29) is 11.4 Å². The summed E-state index contributed by atoms with van der Waals surface area (Å²) in [7, 11) is -3.50. The molecule has 2 fully saturated rings. The Balaban J connectivity index is 1.71. The van der Waals surface area contributed by atoms with Crippen LogP contribution in [-0.4, -0.2) is 19.9 Å². The number of nitrogens with one attached hydrogen (secondary N) is 1. The second-order valence-electron chi connectivity index (χ2n) is 5.84. The number of sulfonamides is 1. The molecule has 1 aromatic rings. The van der Waals surface area contributed by atoms with Crippen molar-refractivity contribution in [3.05, 3.63) is 24.0 Å². The fourth-order valence-corrected chi connectivity index (χ4v) is 4.14. The zero-order chi connectivity index (χ0) is 14.2. The molecule has 0 amide bonds. The zero-order valence-corrected chi connectivity index (χ0v) is 12.3. The van der Waals surface area contributed by atoms with Crippen molar-refractivity contribution >= 4 is 10.0 Å². The van der Waals surface area contributed by atoms with Crippen molar-refractivity contribution in [2.24, 2.45) is 23.5 Å². The Labute approximate surface area is 120 Å². The lowest BCUT2D eigenvalue weighted by Crippen LogP contribution is -2.32. The molecule has 3 rings (SSSR count). The van der Waals surface area contributed by atoms with Crippen molar-refractivity contribution in [3.8, 4) is 0 Å². The lowest BCUT2D eigenvalue weighted by Gasteiger charge is -2.17. The van der Waals surface area contributed by atoms with Crippen molar-refractivity contribution < 1.29 is 8.42 Å². The van der Waals surface area contributed by atoms with Crippen molar-refractivity contribution in [2.75, 3.05) is 6.54 Å². The van der Waals surface area contributed by atoms with Gasteiger partial charge in [-0.1, -0.05) is 0 Å². The van der Waals surface area contributed by atoms with E-state index in [0.717, 1.165) is 11.8 Å². The number of aromatic nitrogens is 1. The van der Waals surface area contributed by atoms with E-state index in [2.05, 4.69) is 9.71 Å². The molecular weight excluding hydrogens is 274 g/mol. The average Bonchev–Trinajstić information content (AvgIpc) is 3.32. The van der Waals surface area contributed by atoms with Gasteiger partial charge in [-0.25, -0.2) is 13.1 Å². The van der Waals surface area contributed by atoms with E-state index in [4.69, 9.17) is 5.73 Å². The number of nitrogens with zero attached hydrogens (tertiary/aromatic N) is 1. The van der Waals surface area contributed by atoms with Gasteiger partial charge in [-0.15, -0.1) is 0 Å². The van der Waals surface area contributed by atoms with Gasteiger partial charge in [0.25, 0.3) is 0 Å². The van der Waals surface area contributed by atoms with Crippen LogP contribution in [0, 0.1) is 17.8 Å². The first kappa shape index (κ1) is 14.0. The molecule has 0 aliphatic heterocycles. The van der Waals surface area contributed by atoms with Crippen LogP contribution in [0.15, 0.2) is 23.2 Å². The number of rotatable bonds is 7. The van der Waals surface area contributed by atoms with Gasteiger partial charge in [-0.3, -0.25) is 4.98 Å². The molecule has 110 valence electrons. The number of hydrogen-bond acceptors (Lipinski definition) is 4. The summed E-state index contributed by atoms with van der Waals surface area (Å²) in [5, 5.41) is 0. The van der Waals surface area contributed by atoms with Gasteiger partial charge in [0.2, 0.25) is 10.0 Å². The topological polar surface area (TPSA) is 85.1 Å². The molecule has 0 aromatic carbocycles. The van der Waals surface area contributed by atoms with Crippen LogP contribution < -0.4 is 10.5 Å². The Bertz CT molecular complexity index is 568. The van der Waals surface area contributed by atoms with Crippen molar-refractivity contribution in [2.45, 2.75) is 37.1 Å². The third-order valence-corrected chi connectivity index (χ3v) is 5.79. The van der Waals surface area contributed by atoms with Gasteiger partial charge in [0.1, 0.15) is 4.90 Å². The first-order valence-corrected chi connectivity index (χ1v) is 8.74. The lowest BCUT2D eigenvalue weighted by molar-refractivity contribution is 0.401. The van der Waals surface area contributed by atoms with Crippen molar-refractivity contribution in [3.63, 3.8) is 0 Å². The van der Waals surface area contributed by atoms with Gasteiger partial charge in [-0.2, -0.15) is 0 Å². The van der Waals surface area contributed by atoms with E-state index in [0.29, 0.717) is 18.2 Å². The molecule has 0 spiro atoms. The highest BCUT2D eigenvalue weighted by Crippen LogP contribution is 2.48. The SMILES string of the molecule is NCc1ncccc1S(=O)(=O)NCC(C1CC1)C1CC1. The van der Waals surface area contributed by atoms with Crippen LogP contribution in [0.3, 0.4) is 0 Å². The summed E-state index contributed by atoms with van der Waals surface area (Å²) in [6, 6.07) is 3.20. The highest BCUT2D eigenvalue weighted by Gasteiger charge is 2.41. The normalized spacial score (nSPS) is 19.5. The molecule has 0 radical (unpaired) electrons. The van der Waals surface area contributed by atoms with Gasteiger partial charge >= 0.3 is 0 Å². The summed E-state index contributed by atoms with van der Waals surface area (Å²) < 4.78 is 27.6. The van der Waals surface area contributed by atoms with E-state index in [9.17, 15) is 8.42 Å². The molecule has 20 heavy (non-hydrogen) atoms. The minimum absolute atomic E-state index is 0.131. The van der Waals surface area contributed by atoms with Crippen molar-refractivity contribution in [1.29, 1.82) is 0 Å². The molecule has 6 heteroatoms. The maximum Gasteiger partial charge on any atom is 0.242 e. The van der Waals surface area contributed by atoms with E-state index in [1.807, 2.05) is 0 Å². The molecule has 2 aliphatic rings. The van der Waals surface area contributed by atoms with Gasteiger partial charge in [0.15, 0.2) is 0 Å². The zero-order valence-electron chi connectivity index (χ0n) is 11.5. The van der Waals surface area contributed by atoms with E-state index < -0.39 is 10.0 Å². The summed E-state index contributed by atoms with van der Waals surface area (Å²) in [5.41, 5.74) is 5.99. The Morgan fingerprint density at radius 3 is 2.50 bits per heavy atom. The number of pyridine rings is 1. The number of hydrogen-bond donors (Lipinski definition) is 2.